The van der Waals surface area contributed by atoms with Crippen LogP contribution < -0.4 is 5.32 Å². The highest BCUT2D eigenvalue weighted by Crippen LogP contribution is 2.37. The Balaban J connectivity index is 1.31. The first-order chi connectivity index (χ1) is 11.4. The van der Waals surface area contributed by atoms with Gasteiger partial charge in [-0.2, -0.15) is 0 Å². The van der Waals surface area contributed by atoms with Crippen molar-refractivity contribution in [2.24, 2.45) is 0 Å². The van der Waals surface area contributed by atoms with Crippen LogP contribution in [0.1, 0.15) is 18.9 Å². The summed E-state index contributed by atoms with van der Waals surface area (Å²) in [6.45, 7) is 0. The molecule has 1 aliphatic carbocycles. The zero-order valence-corrected chi connectivity index (χ0v) is 13.2. The Morgan fingerprint density at radius 3 is 2.83 bits per heavy atom. The van der Waals surface area contributed by atoms with Crippen LogP contribution in [0, 0.1) is 0 Å². The van der Waals surface area contributed by atoms with Gasteiger partial charge in [-0.05, 0) is 37.1 Å². The van der Waals surface area contributed by atoms with Gasteiger partial charge >= 0.3 is 0 Å². The highest BCUT2D eigenvalue weighted by Gasteiger charge is 2.32. The summed E-state index contributed by atoms with van der Waals surface area (Å²) in [4.78, 5) is 13.5. The van der Waals surface area contributed by atoms with Crippen LogP contribution >= 0.6 is 11.3 Å². The molecule has 0 unspecified atom stereocenters. The van der Waals surface area contributed by atoms with Crippen molar-refractivity contribution in [2.45, 2.75) is 24.9 Å². The molecule has 1 saturated carbocycles. The molecule has 5 rings (SSSR count). The second-order valence-corrected chi connectivity index (χ2v) is 6.98. The summed E-state index contributed by atoms with van der Waals surface area (Å²) in [5, 5.41) is 4.58. The normalized spacial score (nSPS) is 20.7. The molecule has 3 aromatic heterocycles. The number of pyridine rings is 1. The summed E-state index contributed by atoms with van der Waals surface area (Å²) in [6.07, 6.45) is 5.90. The predicted octanol–water partition coefficient (Wildman–Crippen LogP) is 3.86. The number of anilines is 1. The number of nitrogens with one attached hydrogen (secondary N) is 1. The van der Waals surface area contributed by atoms with Crippen LogP contribution in [0.25, 0.3) is 21.4 Å². The zero-order chi connectivity index (χ0) is 15.2. The SMILES string of the molecule is c1ccc2sc(NC3CC(n4cnc5cccnc54)C3)nc2c1. The summed E-state index contributed by atoms with van der Waals surface area (Å²) in [6, 6.07) is 13.1. The number of para-hydroxylation sites is 1. The van der Waals surface area contributed by atoms with Gasteiger partial charge < -0.3 is 9.88 Å². The van der Waals surface area contributed by atoms with Crippen LogP contribution in [0.2, 0.25) is 0 Å². The van der Waals surface area contributed by atoms with Crippen molar-refractivity contribution in [3.05, 3.63) is 48.9 Å². The molecule has 3 heterocycles. The Kier molecular flexibility index (Phi) is 2.84. The number of hydrogen-bond acceptors (Lipinski definition) is 5. The smallest absolute Gasteiger partial charge is 0.184 e. The van der Waals surface area contributed by atoms with Gasteiger partial charge in [0.1, 0.15) is 5.52 Å². The lowest BCUT2D eigenvalue weighted by Gasteiger charge is -2.36. The lowest BCUT2D eigenvalue weighted by atomic mass is 9.86. The van der Waals surface area contributed by atoms with Crippen molar-refractivity contribution in [2.75, 3.05) is 5.32 Å². The fourth-order valence-corrected chi connectivity index (χ4v) is 4.12. The van der Waals surface area contributed by atoms with Gasteiger partial charge in [0, 0.05) is 18.3 Å². The number of benzene rings is 1. The summed E-state index contributed by atoms with van der Waals surface area (Å²) in [5.41, 5.74) is 3.02. The van der Waals surface area contributed by atoms with Crippen molar-refractivity contribution in [1.82, 2.24) is 19.5 Å². The molecule has 0 bridgehead atoms. The van der Waals surface area contributed by atoms with Gasteiger partial charge in [0.25, 0.3) is 0 Å². The lowest BCUT2D eigenvalue weighted by Crippen LogP contribution is -2.36. The predicted molar refractivity (Wildman–Crippen MR) is 92.8 cm³/mol. The molecule has 4 aromatic rings. The van der Waals surface area contributed by atoms with E-state index < -0.39 is 0 Å². The molecular weight excluding hydrogens is 306 g/mol. The van der Waals surface area contributed by atoms with Gasteiger partial charge in [0.15, 0.2) is 10.8 Å². The van der Waals surface area contributed by atoms with E-state index in [4.69, 9.17) is 0 Å². The van der Waals surface area contributed by atoms with Gasteiger partial charge in [0.2, 0.25) is 0 Å². The molecule has 1 N–H and O–H groups in total. The Hall–Kier alpha value is -2.47. The number of hydrogen-bond donors (Lipinski definition) is 1. The first-order valence-electron chi connectivity index (χ1n) is 7.76. The number of aromatic nitrogens is 4. The van der Waals surface area contributed by atoms with E-state index in [1.54, 1.807) is 11.3 Å². The van der Waals surface area contributed by atoms with Gasteiger partial charge in [-0.15, -0.1) is 0 Å². The van der Waals surface area contributed by atoms with E-state index in [1.807, 2.05) is 30.7 Å². The summed E-state index contributed by atoms with van der Waals surface area (Å²) >= 11 is 1.72. The summed E-state index contributed by atoms with van der Waals surface area (Å²) in [7, 11) is 0. The number of imidazole rings is 1. The van der Waals surface area contributed by atoms with Crippen molar-refractivity contribution >= 4 is 37.8 Å². The number of fused-ring (bicyclic) bond motifs is 2. The molecular formula is C17H15N5S. The van der Waals surface area contributed by atoms with Crippen LogP contribution in [0.3, 0.4) is 0 Å². The second kappa shape index (κ2) is 5.03. The van der Waals surface area contributed by atoms with Gasteiger partial charge in [-0.3, -0.25) is 0 Å². The third kappa shape index (κ3) is 2.17. The van der Waals surface area contributed by atoms with E-state index in [0.717, 1.165) is 34.7 Å². The minimum atomic E-state index is 0.474. The van der Waals surface area contributed by atoms with Crippen LogP contribution in [0.5, 0.6) is 0 Å². The molecule has 0 atom stereocenters. The number of rotatable bonds is 3. The molecule has 6 heteroatoms. The molecule has 0 spiro atoms. The fourth-order valence-electron chi connectivity index (χ4n) is 3.18. The van der Waals surface area contributed by atoms with Crippen molar-refractivity contribution in [1.29, 1.82) is 0 Å². The van der Waals surface area contributed by atoms with Crippen LogP contribution in [0.4, 0.5) is 5.13 Å². The molecule has 1 fully saturated rings. The zero-order valence-electron chi connectivity index (χ0n) is 12.4. The number of nitrogens with zero attached hydrogens (tertiary/aromatic N) is 4. The average Bonchev–Trinajstić information content (AvgIpc) is 3.14. The lowest BCUT2D eigenvalue weighted by molar-refractivity contribution is 0.287. The molecule has 1 aliphatic rings. The molecule has 0 amide bonds. The monoisotopic (exact) mass is 321 g/mol. The van der Waals surface area contributed by atoms with Crippen LogP contribution in [-0.2, 0) is 0 Å². The molecule has 5 nitrogen and oxygen atoms in total. The van der Waals surface area contributed by atoms with Gasteiger partial charge in [0.05, 0.1) is 16.5 Å². The highest BCUT2D eigenvalue weighted by atomic mass is 32.1. The van der Waals surface area contributed by atoms with E-state index in [0.29, 0.717) is 12.1 Å². The van der Waals surface area contributed by atoms with Crippen molar-refractivity contribution < 1.29 is 0 Å². The van der Waals surface area contributed by atoms with E-state index in [2.05, 4.69) is 43.0 Å². The van der Waals surface area contributed by atoms with E-state index >= 15 is 0 Å². The first kappa shape index (κ1) is 13.0. The topological polar surface area (TPSA) is 55.6 Å². The fraction of sp³-hybridized carbons (Fsp3) is 0.235. The second-order valence-electron chi connectivity index (χ2n) is 5.95. The quantitative estimate of drug-likeness (QED) is 0.622. The maximum atomic E-state index is 4.65. The molecule has 0 saturated heterocycles. The van der Waals surface area contributed by atoms with Gasteiger partial charge in [-0.1, -0.05) is 23.5 Å². The summed E-state index contributed by atoms with van der Waals surface area (Å²) in [5.74, 6) is 0. The highest BCUT2D eigenvalue weighted by molar-refractivity contribution is 7.22. The molecule has 114 valence electrons. The van der Waals surface area contributed by atoms with Gasteiger partial charge in [-0.25, -0.2) is 15.0 Å². The van der Waals surface area contributed by atoms with Crippen molar-refractivity contribution in [3.8, 4) is 0 Å². The van der Waals surface area contributed by atoms with Crippen molar-refractivity contribution in [3.63, 3.8) is 0 Å². The van der Waals surface area contributed by atoms with Crippen LogP contribution in [-0.4, -0.2) is 25.6 Å². The molecule has 0 aliphatic heterocycles. The average molecular weight is 321 g/mol. The van der Waals surface area contributed by atoms with E-state index in [-0.39, 0.29) is 0 Å². The number of thiazole rings is 1. The molecule has 0 radical (unpaired) electrons. The Bertz CT molecular complexity index is 950. The third-order valence-corrected chi connectivity index (χ3v) is 5.43. The maximum Gasteiger partial charge on any atom is 0.184 e. The third-order valence-electron chi connectivity index (χ3n) is 4.46. The minimum absolute atomic E-state index is 0.474. The standard InChI is InChI=1S/C17H15N5S/c1-2-6-15-13(4-1)21-17(23-15)20-11-8-12(9-11)22-10-19-14-5-3-7-18-16(14)22/h1-7,10-12H,8-9H2,(H,20,21). The largest absolute Gasteiger partial charge is 0.359 e. The minimum Gasteiger partial charge on any atom is -0.359 e. The Morgan fingerprint density at radius 2 is 1.91 bits per heavy atom. The maximum absolute atomic E-state index is 4.65. The summed E-state index contributed by atoms with van der Waals surface area (Å²) < 4.78 is 3.43. The van der Waals surface area contributed by atoms with Crippen LogP contribution in [0.15, 0.2) is 48.9 Å². The first-order valence-corrected chi connectivity index (χ1v) is 8.58. The Labute approximate surface area is 137 Å². The van der Waals surface area contributed by atoms with E-state index in [1.165, 1.54) is 4.70 Å². The Morgan fingerprint density at radius 1 is 1.04 bits per heavy atom. The molecule has 23 heavy (non-hydrogen) atoms. The molecule has 1 aromatic carbocycles. The van der Waals surface area contributed by atoms with E-state index in [9.17, 15) is 0 Å².